The predicted octanol–water partition coefficient (Wildman–Crippen LogP) is 2.40. The number of piperidine rings is 1. The zero-order valence-electron chi connectivity index (χ0n) is 11.6. The van der Waals surface area contributed by atoms with Crippen LogP contribution in [0, 0.1) is 4.91 Å². The van der Waals surface area contributed by atoms with Crippen LogP contribution in [0.5, 0.6) is 0 Å². The summed E-state index contributed by atoms with van der Waals surface area (Å²) in [5.41, 5.74) is 0.967. The Morgan fingerprint density at radius 2 is 2.00 bits per heavy atom. The molecule has 0 saturated carbocycles. The lowest BCUT2D eigenvalue weighted by Gasteiger charge is -2.33. The molecular formula is C14H19N3O3. The summed E-state index contributed by atoms with van der Waals surface area (Å²) >= 11 is 0. The van der Waals surface area contributed by atoms with Gasteiger partial charge in [-0.25, -0.2) is 4.79 Å². The summed E-state index contributed by atoms with van der Waals surface area (Å²) in [5.74, 6) is 0. The second-order valence-corrected chi connectivity index (χ2v) is 4.92. The van der Waals surface area contributed by atoms with E-state index in [0.717, 1.165) is 18.4 Å². The van der Waals surface area contributed by atoms with Gasteiger partial charge in [0.1, 0.15) is 6.61 Å². The van der Waals surface area contributed by atoms with Crippen molar-refractivity contribution in [3.8, 4) is 0 Å². The first kappa shape index (κ1) is 14.3. The first-order chi connectivity index (χ1) is 9.70. The van der Waals surface area contributed by atoms with Crippen molar-refractivity contribution in [2.45, 2.75) is 25.5 Å². The highest BCUT2D eigenvalue weighted by Gasteiger charge is 2.26. The summed E-state index contributed by atoms with van der Waals surface area (Å²) in [6.07, 6.45) is 1.15. The van der Waals surface area contributed by atoms with Crippen molar-refractivity contribution < 1.29 is 9.53 Å². The zero-order chi connectivity index (χ0) is 14.4. The molecule has 6 heteroatoms. The molecule has 0 aliphatic carbocycles. The highest BCUT2D eigenvalue weighted by molar-refractivity contribution is 5.67. The van der Waals surface area contributed by atoms with Gasteiger partial charge < -0.3 is 9.64 Å². The number of ether oxygens (including phenoxy) is 1. The van der Waals surface area contributed by atoms with Gasteiger partial charge in [0.15, 0.2) is 0 Å². The first-order valence-corrected chi connectivity index (χ1v) is 6.72. The molecule has 6 nitrogen and oxygen atoms in total. The maximum Gasteiger partial charge on any atom is 0.410 e. The van der Waals surface area contributed by atoms with Gasteiger partial charge in [0.05, 0.1) is 5.29 Å². The second-order valence-electron chi connectivity index (χ2n) is 4.92. The molecular weight excluding hydrogens is 258 g/mol. The second kappa shape index (κ2) is 6.88. The van der Waals surface area contributed by atoms with Crippen molar-refractivity contribution in [1.29, 1.82) is 0 Å². The van der Waals surface area contributed by atoms with E-state index in [1.54, 1.807) is 11.9 Å². The topological polar surface area (TPSA) is 62.2 Å². The summed E-state index contributed by atoms with van der Waals surface area (Å²) in [7, 11) is 1.74. The average molecular weight is 277 g/mol. The molecule has 0 bridgehead atoms. The molecule has 0 N–H and O–H groups in total. The number of nitrogens with zero attached hydrogens (tertiary/aromatic N) is 3. The first-order valence-electron chi connectivity index (χ1n) is 6.72. The molecule has 2 rings (SSSR count). The van der Waals surface area contributed by atoms with Gasteiger partial charge in [-0.1, -0.05) is 30.3 Å². The van der Waals surface area contributed by atoms with E-state index >= 15 is 0 Å². The van der Waals surface area contributed by atoms with E-state index in [-0.39, 0.29) is 18.7 Å². The number of rotatable bonds is 4. The zero-order valence-corrected chi connectivity index (χ0v) is 11.6. The summed E-state index contributed by atoms with van der Waals surface area (Å²) in [6.45, 7) is 1.45. The van der Waals surface area contributed by atoms with E-state index in [1.807, 2.05) is 30.3 Å². The van der Waals surface area contributed by atoms with Gasteiger partial charge in [0.2, 0.25) is 0 Å². The van der Waals surface area contributed by atoms with Crippen LogP contribution in [0.2, 0.25) is 0 Å². The fourth-order valence-electron chi connectivity index (χ4n) is 2.29. The van der Waals surface area contributed by atoms with E-state index in [2.05, 4.69) is 5.29 Å². The Bertz CT molecular complexity index is 444. The van der Waals surface area contributed by atoms with Crippen LogP contribution < -0.4 is 0 Å². The lowest BCUT2D eigenvalue weighted by atomic mass is 10.1. The van der Waals surface area contributed by atoms with E-state index in [4.69, 9.17) is 4.74 Å². The third-order valence-corrected chi connectivity index (χ3v) is 3.60. The molecule has 1 aromatic carbocycles. The van der Waals surface area contributed by atoms with E-state index in [1.165, 1.54) is 5.01 Å². The van der Waals surface area contributed by atoms with Crippen LogP contribution in [0.15, 0.2) is 35.6 Å². The summed E-state index contributed by atoms with van der Waals surface area (Å²) < 4.78 is 5.28. The Labute approximate surface area is 118 Å². The SMILES string of the molecule is CN(C(=O)OCc1ccccc1)C1CCN(N=O)CC1. The van der Waals surface area contributed by atoms with Crippen molar-refractivity contribution in [3.05, 3.63) is 40.8 Å². The van der Waals surface area contributed by atoms with Crippen LogP contribution in [-0.4, -0.2) is 42.2 Å². The number of benzene rings is 1. The van der Waals surface area contributed by atoms with Gasteiger partial charge in [-0.15, -0.1) is 4.91 Å². The molecule has 0 aromatic heterocycles. The van der Waals surface area contributed by atoms with Gasteiger partial charge >= 0.3 is 6.09 Å². The average Bonchev–Trinajstić information content (AvgIpc) is 2.53. The number of nitroso groups, excluding NO2 is 1. The Kier molecular flexibility index (Phi) is 4.92. The lowest BCUT2D eigenvalue weighted by Crippen LogP contribution is -2.44. The number of hydrogen-bond donors (Lipinski definition) is 0. The fraction of sp³-hybridized carbons (Fsp3) is 0.500. The molecule has 1 fully saturated rings. The third kappa shape index (κ3) is 3.69. The van der Waals surface area contributed by atoms with Crippen molar-refractivity contribution >= 4 is 6.09 Å². The summed E-state index contributed by atoms with van der Waals surface area (Å²) in [6, 6.07) is 9.69. The quantitative estimate of drug-likeness (QED) is 0.793. The van der Waals surface area contributed by atoms with Gasteiger partial charge in [-0.2, -0.15) is 0 Å². The fourth-order valence-corrected chi connectivity index (χ4v) is 2.29. The van der Waals surface area contributed by atoms with Crippen LogP contribution in [0.25, 0.3) is 0 Å². The molecule has 108 valence electrons. The maximum absolute atomic E-state index is 12.0. The number of carbonyl (C=O) groups is 1. The lowest BCUT2D eigenvalue weighted by molar-refractivity contribution is 0.0726. The van der Waals surface area contributed by atoms with Crippen molar-refractivity contribution in [2.24, 2.45) is 5.29 Å². The monoisotopic (exact) mass is 277 g/mol. The molecule has 1 amide bonds. The van der Waals surface area contributed by atoms with Crippen LogP contribution in [0.3, 0.4) is 0 Å². The van der Waals surface area contributed by atoms with Crippen molar-refractivity contribution in [1.82, 2.24) is 9.91 Å². The molecule has 1 heterocycles. The Morgan fingerprint density at radius 3 is 2.60 bits per heavy atom. The molecule has 0 spiro atoms. The summed E-state index contributed by atoms with van der Waals surface area (Å²) in [4.78, 5) is 24.0. The number of hydrogen-bond acceptors (Lipinski definition) is 4. The van der Waals surface area contributed by atoms with Gasteiger partial charge in [0, 0.05) is 26.2 Å². The minimum atomic E-state index is -0.327. The predicted molar refractivity (Wildman–Crippen MR) is 74.8 cm³/mol. The normalized spacial score (nSPS) is 15.8. The standard InChI is InChI=1S/C14H19N3O3/c1-16(13-7-9-17(15-19)10-8-13)14(18)20-11-12-5-3-2-4-6-12/h2-6,13H,7-11H2,1H3. The van der Waals surface area contributed by atoms with Gasteiger partial charge in [0.25, 0.3) is 0 Å². The Hall–Kier alpha value is -2.11. The van der Waals surface area contributed by atoms with Crippen LogP contribution in [0.4, 0.5) is 4.79 Å². The van der Waals surface area contributed by atoms with E-state index in [9.17, 15) is 9.70 Å². The number of carbonyl (C=O) groups excluding carboxylic acids is 1. The van der Waals surface area contributed by atoms with E-state index < -0.39 is 0 Å². The van der Waals surface area contributed by atoms with Crippen LogP contribution in [0.1, 0.15) is 18.4 Å². The highest BCUT2D eigenvalue weighted by atomic mass is 16.6. The molecule has 0 radical (unpaired) electrons. The third-order valence-electron chi connectivity index (χ3n) is 3.60. The largest absolute Gasteiger partial charge is 0.445 e. The molecule has 0 unspecified atom stereocenters. The molecule has 1 aromatic rings. The smallest absolute Gasteiger partial charge is 0.410 e. The number of amides is 1. The summed E-state index contributed by atoms with van der Waals surface area (Å²) in [5, 5.41) is 4.40. The van der Waals surface area contributed by atoms with Gasteiger partial charge in [-0.3, -0.25) is 5.01 Å². The molecule has 1 saturated heterocycles. The molecule has 1 aliphatic rings. The minimum absolute atomic E-state index is 0.108. The maximum atomic E-state index is 12.0. The molecule has 1 aliphatic heterocycles. The van der Waals surface area contributed by atoms with Gasteiger partial charge in [-0.05, 0) is 18.4 Å². The van der Waals surface area contributed by atoms with E-state index in [0.29, 0.717) is 13.1 Å². The molecule has 20 heavy (non-hydrogen) atoms. The van der Waals surface area contributed by atoms with Crippen molar-refractivity contribution in [2.75, 3.05) is 20.1 Å². The van der Waals surface area contributed by atoms with Crippen LogP contribution in [-0.2, 0) is 11.3 Å². The molecule has 0 atom stereocenters. The van der Waals surface area contributed by atoms with Crippen molar-refractivity contribution in [3.63, 3.8) is 0 Å². The Balaban J connectivity index is 1.79. The minimum Gasteiger partial charge on any atom is -0.445 e. The highest BCUT2D eigenvalue weighted by Crippen LogP contribution is 2.16. The van der Waals surface area contributed by atoms with Crippen LogP contribution >= 0.6 is 0 Å². The Morgan fingerprint density at radius 1 is 1.35 bits per heavy atom.